The van der Waals surface area contributed by atoms with E-state index >= 15 is 0 Å². The highest BCUT2D eigenvalue weighted by Gasteiger charge is 2.28. The van der Waals surface area contributed by atoms with Gasteiger partial charge in [0.1, 0.15) is 11.5 Å². The lowest BCUT2D eigenvalue weighted by atomic mass is 9.86. The van der Waals surface area contributed by atoms with E-state index in [9.17, 15) is 4.79 Å². The van der Waals surface area contributed by atoms with Crippen molar-refractivity contribution in [1.29, 1.82) is 0 Å². The zero-order valence-corrected chi connectivity index (χ0v) is 9.57. The second kappa shape index (κ2) is 4.24. The molecular formula is C14H14O3. The highest BCUT2D eigenvalue weighted by Crippen LogP contribution is 2.34. The fourth-order valence-electron chi connectivity index (χ4n) is 2.44. The Morgan fingerprint density at radius 3 is 1.82 bits per heavy atom. The number of hydrogen-bond acceptors (Lipinski definition) is 3. The second-order valence-corrected chi connectivity index (χ2v) is 4.37. The summed E-state index contributed by atoms with van der Waals surface area (Å²) in [5, 5.41) is 0. The van der Waals surface area contributed by atoms with Gasteiger partial charge in [-0.15, -0.1) is 0 Å². The molecule has 2 heterocycles. The van der Waals surface area contributed by atoms with Crippen molar-refractivity contribution in [2.45, 2.75) is 32.1 Å². The van der Waals surface area contributed by atoms with Gasteiger partial charge in [-0.1, -0.05) is 0 Å². The van der Waals surface area contributed by atoms with Crippen molar-refractivity contribution in [2.75, 3.05) is 0 Å². The molecule has 1 fully saturated rings. The van der Waals surface area contributed by atoms with Gasteiger partial charge in [-0.2, -0.15) is 0 Å². The van der Waals surface area contributed by atoms with Crippen molar-refractivity contribution >= 4 is 5.78 Å². The number of allylic oxidation sites excluding steroid dienone is 4. The Bertz CT molecular complexity index is 416. The predicted molar refractivity (Wildman–Crippen MR) is 62.6 cm³/mol. The number of rotatable bonds is 0. The summed E-state index contributed by atoms with van der Waals surface area (Å²) >= 11 is 0. The Morgan fingerprint density at radius 1 is 0.882 bits per heavy atom. The Kier molecular flexibility index (Phi) is 2.59. The van der Waals surface area contributed by atoms with E-state index in [-0.39, 0.29) is 5.78 Å². The zero-order valence-electron chi connectivity index (χ0n) is 9.57. The molecule has 1 saturated carbocycles. The average molecular weight is 230 g/mol. The van der Waals surface area contributed by atoms with Gasteiger partial charge >= 0.3 is 0 Å². The highest BCUT2D eigenvalue weighted by atomic mass is 16.5. The van der Waals surface area contributed by atoms with Crippen molar-refractivity contribution in [1.82, 2.24) is 0 Å². The third kappa shape index (κ3) is 1.82. The summed E-state index contributed by atoms with van der Waals surface area (Å²) < 4.78 is 10.7. The molecule has 0 amide bonds. The average Bonchev–Trinajstić information content (AvgIpc) is 3.02. The third-order valence-corrected chi connectivity index (χ3v) is 3.29. The van der Waals surface area contributed by atoms with E-state index in [1.54, 1.807) is 12.5 Å². The zero-order chi connectivity index (χ0) is 11.7. The van der Waals surface area contributed by atoms with Crippen LogP contribution in [0, 0.1) is 0 Å². The van der Waals surface area contributed by atoms with Crippen molar-refractivity contribution in [3.05, 3.63) is 47.3 Å². The highest BCUT2D eigenvalue weighted by molar-refractivity contribution is 6.09. The Labute approximate surface area is 100 Å². The third-order valence-electron chi connectivity index (χ3n) is 3.29. The first-order valence-corrected chi connectivity index (χ1v) is 5.98. The standard InChI is InChI=1S/C14H14O3/c15-14-10(12-6-2-8-16-12)4-1-5-11(14)13-7-3-9-17-13/h2-3,8-9H,1,4-7H2. The molecule has 0 radical (unpaired) electrons. The molecule has 0 saturated heterocycles. The molecule has 0 bridgehead atoms. The van der Waals surface area contributed by atoms with Gasteiger partial charge in [0.15, 0.2) is 5.78 Å². The lowest BCUT2D eigenvalue weighted by Crippen LogP contribution is -2.16. The molecule has 0 N–H and O–H groups in total. The molecule has 0 aromatic rings. The molecule has 3 heteroatoms. The minimum atomic E-state index is 0.119. The van der Waals surface area contributed by atoms with Gasteiger partial charge in [-0.3, -0.25) is 4.79 Å². The minimum Gasteiger partial charge on any atom is -0.469 e. The van der Waals surface area contributed by atoms with E-state index in [2.05, 4.69) is 0 Å². The first-order valence-electron chi connectivity index (χ1n) is 5.98. The van der Waals surface area contributed by atoms with Crippen LogP contribution in [-0.2, 0) is 14.3 Å². The topological polar surface area (TPSA) is 35.5 Å². The van der Waals surface area contributed by atoms with E-state index in [0.29, 0.717) is 0 Å². The summed E-state index contributed by atoms with van der Waals surface area (Å²) in [5.41, 5.74) is 1.67. The molecule has 17 heavy (non-hydrogen) atoms. The molecule has 0 spiro atoms. The Morgan fingerprint density at radius 2 is 1.41 bits per heavy atom. The van der Waals surface area contributed by atoms with Gasteiger partial charge in [-0.05, 0) is 31.4 Å². The van der Waals surface area contributed by atoms with E-state index < -0.39 is 0 Å². The first-order chi connectivity index (χ1) is 8.36. The van der Waals surface area contributed by atoms with Crippen molar-refractivity contribution in [3.63, 3.8) is 0 Å². The van der Waals surface area contributed by atoms with Crippen LogP contribution in [0.5, 0.6) is 0 Å². The largest absolute Gasteiger partial charge is 0.469 e. The second-order valence-electron chi connectivity index (χ2n) is 4.37. The van der Waals surface area contributed by atoms with E-state index in [0.717, 1.165) is 54.8 Å². The summed E-state index contributed by atoms with van der Waals surface area (Å²) in [4.78, 5) is 12.4. The van der Waals surface area contributed by atoms with E-state index in [1.165, 1.54) is 0 Å². The van der Waals surface area contributed by atoms with Crippen LogP contribution in [0.25, 0.3) is 0 Å². The smallest absolute Gasteiger partial charge is 0.191 e. The van der Waals surface area contributed by atoms with E-state index in [1.807, 2.05) is 12.2 Å². The number of carbonyl (C=O) groups excluding carboxylic acids is 1. The quantitative estimate of drug-likeness (QED) is 0.600. The SMILES string of the molecule is O=C1C(=C2CC=CO2)CCCC1=C1CC=CO1. The van der Waals surface area contributed by atoms with Crippen molar-refractivity contribution in [2.24, 2.45) is 0 Å². The summed E-state index contributed by atoms with van der Waals surface area (Å²) in [5.74, 6) is 1.76. The van der Waals surface area contributed by atoms with Crippen LogP contribution in [0.4, 0.5) is 0 Å². The monoisotopic (exact) mass is 230 g/mol. The van der Waals surface area contributed by atoms with Crippen LogP contribution >= 0.6 is 0 Å². The van der Waals surface area contributed by atoms with Gasteiger partial charge in [0.2, 0.25) is 0 Å². The van der Waals surface area contributed by atoms with Gasteiger partial charge in [0.05, 0.1) is 12.5 Å². The Balaban J connectivity index is 1.92. The van der Waals surface area contributed by atoms with Crippen LogP contribution in [0.2, 0.25) is 0 Å². The van der Waals surface area contributed by atoms with Gasteiger partial charge in [0.25, 0.3) is 0 Å². The van der Waals surface area contributed by atoms with E-state index in [4.69, 9.17) is 9.47 Å². The molecule has 3 nitrogen and oxygen atoms in total. The molecule has 0 aromatic heterocycles. The molecule has 0 unspecified atom stereocenters. The maximum Gasteiger partial charge on any atom is 0.191 e. The van der Waals surface area contributed by atoms with Gasteiger partial charge in [0, 0.05) is 24.0 Å². The fourth-order valence-corrected chi connectivity index (χ4v) is 2.44. The number of carbonyl (C=O) groups is 1. The van der Waals surface area contributed by atoms with Crippen LogP contribution in [0.15, 0.2) is 47.3 Å². The first kappa shape index (κ1) is 10.4. The summed E-state index contributed by atoms with van der Waals surface area (Å²) in [7, 11) is 0. The van der Waals surface area contributed by atoms with Crippen molar-refractivity contribution in [3.8, 4) is 0 Å². The van der Waals surface area contributed by atoms with Crippen LogP contribution in [0.3, 0.4) is 0 Å². The lowest BCUT2D eigenvalue weighted by molar-refractivity contribution is -0.113. The molecule has 3 rings (SSSR count). The van der Waals surface area contributed by atoms with Crippen LogP contribution in [-0.4, -0.2) is 5.78 Å². The summed E-state index contributed by atoms with van der Waals surface area (Å²) in [6, 6.07) is 0. The number of Topliss-reactive ketones (excluding diaryl/α,β-unsaturated/α-hetero) is 1. The lowest BCUT2D eigenvalue weighted by Gasteiger charge is -2.19. The number of hydrogen-bond donors (Lipinski definition) is 0. The molecule has 2 aliphatic heterocycles. The maximum atomic E-state index is 12.4. The predicted octanol–water partition coefficient (Wildman–Crippen LogP) is 3.12. The molecule has 88 valence electrons. The van der Waals surface area contributed by atoms with Crippen LogP contribution < -0.4 is 0 Å². The normalized spacial score (nSPS) is 31.9. The summed E-state index contributed by atoms with van der Waals surface area (Å²) in [6.07, 6.45) is 11.3. The summed E-state index contributed by atoms with van der Waals surface area (Å²) in [6.45, 7) is 0. The molecular weight excluding hydrogens is 216 g/mol. The van der Waals surface area contributed by atoms with Crippen molar-refractivity contribution < 1.29 is 14.3 Å². The number of ketones is 1. The van der Waals surface area contributed by atoms with Gasteiger partial charge < -0.3 is 9.47 Å². The fraction of sp³-hybridized carbons (Fsp3) is 0.357. The Hall–Kier alpha value is -1.77. The van der Waals surface area contributed by atoms with Gasteiger partial charge in [-0.25, -0.2) is 0 Å². The molecule has 0 atom stereocenters. The molecule has 0 aromatic carbocycles. The van der Waals surface area contributed by atoms with Crippen LogP contribution in [0.1, 0.15) is 32.1 Å². The maximum absolute atomic E-state index is 12.4. The number of ether oxygens (including phenoxy) is 2. The molecule has 1 aliphatic carbocycles. The molecule has 3 aliphatic rings. The minimum absolute atomic E-state index is 0.119.